The number of carbonyl (C=O) groups excluding carboxylic acids is 2. The Hall–Kier alpha value is -2.57. The first-order valence-electron chi connectivity index (χ1n) is 9.04. The van der Waals surface area contributed by atoms with Gasteiger partial charge in [0.2, 0.25) is 5.91 Å². The molecule has 2 amide bonds. The molecule has 1 atom stereocenters. The van der Waals surface area contributed by atoms with Crippen LogP contribution in [0.15, 0.2) is 18.2 Å². The fourth-order valence-corrected chi connectivity index (χ4v) is 3.44. The third-order valence-electron chi connectivity index (χ3n) is 4.83. The summed E-state index contributed by atoms with van der Waals surface area (Å²) in [6.07, 6.45) is 2.63. The largest absolute Gasteiger partial charge is 0.481 e. The lowest BCUT2D eigenvalue weighted by atomic mass is 10.1. The first-order chi connectivity index (χ1) is 12.5. The highest BCUT2D eigenvalue weighted by Gasteiger charge is 2.37. The van der Waals surface area contributed by atoms with Crippen LogP contribution in [-0.4, -0.2) is 53.5 Å². The van der Waals surface area contributed by atoms with Crippen molar-refractivity contribution < 1.29 is 24.2 Å². The Kier molecular flexibility index (Phi) is 5.44. The van der Waals surface area contributed by atoms with Gasteiger partial charge in [-0.15, -0.1) is 0 Å². The van der Waals surface area contributed by atoms with Gasteiger partial charge in [-0.05, 0) is 37.5 Å². The summed E-state index contributed by atoms with van der Waals surface area (Å²) in [7, 11) is 0. The van der Waals surface area contributed by atoms with E-state index < -0.39 is 24.4 Å². The number of aryl methyl sites for hydroxylation is 1. The van der Waals surface area contributed by atoms with Gasteiger partial charge >= 0.3 is 5.97 Å². The zero-order valence-corrected chi connectivity index (χ0v) is 14.9. The SMILES string of the molecule is Cc1ccc2c(c1)OC(CC(=O)O)C(=O)N2CC(=O)N1CCCCCC1. The number of likely N-dealkylation sites (tertiary alicyclic amines) is 1. The topological polar surface area (TPSA) is 87.1 Å². The molecule has 26 heavy (non-hydrogen) atoms. The van der Waals surface area contributed by atoms with E-state index in [2.05, 4.69) is 0 Å². The molecule has 0 aliphatic carbocycles. The minimum Gasteiger partial charge on any atom is -0.481 e. The standard InChI is InChI=1S/C19H24N2O5/c1-13-6-7-14-15(10-13)26-16(11-18(23)24)19(25)21(14)12-17(22)20-8-4-2-3-5-9-20/h6-7,10,16H,2-5,8-9,11-12H2,1H3,(H,23,24). The second-order valence-electron chi connectivity index (χ2n) is 6.89. The number of hydrogen-bond donors (Lipinski definition) is 1. The van der Waals surface area contributed by atoms with E-state index in [4.69, 9.17) is 9.84 Å². The third kappa shape index (κ3) is 3.98. The molecule has 0 aromatic heterocycles. The van der Waals surface area contributed by atoms with Crippen molar-refractivity contribution in [2.24, 2.45) is 0 Å². The van der Waals surface area contributed by atoms with Gasteiger partial charge in [0.15, 0.2) is 6.10 Å². The predicted molar refractivity (Wildman–Crippen MR) is 95.2 cm³/mol. The maximum atomic E-state index is 12.8. The number of benzene rings is 1. The molecule has 140 valence electrons. The van der Waals surface area contributed by atoms with E-state index >= 15 is 0 Å². The van der Waals surface area contributed by atoms with Crippen LogP contribution in [-0.2, 0) is 14.4 Å². The molecule has 7 heteroatoms. The lowest BCUT2D eigenvalue weighted by Gasteiger charge is -2.35. The minimum absolute atomic E-state index is 0.0889. The Labute approximate surface area is 152 Å². The fourth-order valence-electron chi connectivity index (χ4n) is 3.44. The molecule has 0 spiro atoms. The zero-order chi connectivity index (χ0) is 18.7. The number of rotatable bonds is 4. The van der Waals surface area contributed by atoms with E-state index in [-0.39, 0.29) is 12.5 Å². The summed E-state index contributed by atoms with van der Waals surface area (Å²) in [5.74, 6) is -1.26. The number of fused-ring (bicyclic) bond motifs is 1. The highest BCUT2D eigenvalue weighted by Crippen LogP contribution is 2.35. The second kappa shape index (κ2) is 7.76. The van der Waals surface area contributed by atoms with Crippen molar-refractivity contribution in [2.75, 3.05) is 24.5 Å². The number of carbonyl (C=O) groups is 3. The van der Waals surface area contributed by atoms with Gasteiger partial charge in [0, 0.05) is 13.1 Å². The Morgan fingerprint density at radius 2 is 1.88 bits per heavy atom. The van der Waals surface area contributed by atoms with Crippen molar-refractivity contribution in [1.29, 1.82) is 0 Å². The smallest absolute Gasteiger partial charge is 0.307 e. The molecule has 1 aromatic carbocycles. The summed E-state index contributed by atoms with van der Waals surface area (Å²) in [4.78, 5) is 39.8. The second-order valence-corrected chi connectivity index (χ2v) is 6.89. The predicted octanol–water partition coefficient (Wildman–Crippen LogP) is 1.97. The van der Waals surface area contributed by atoms with Crippen molar-refractivity contribution in [3.05, 3.63) is 23.8 Å². The molecule has 0 saturated carbocycles. The molecule has 0 radical (unpaired) electrons. The van der Waals surface area contributed by atoms with Crippen molar-refractivity contribution >= 4 is 23.5 Å². The summed E-state index contributed by atoms with van der Waals surface area (Å²) in [5, 5.41) is 9.06. The van der Waals surface area contributed by atoms with E-state index in [0.29, 0.717) is 24.5 Å². The maximum Gasteiger partial charge on any atom is 0.307 e. The van der Waals surface area contributed by atoms with Crippen molar-refractivity contribution in [1.82, 2.24) is 4.90 Å². The lowest BCUT2D eigenvalue weighted by Crippen LogP contribution is -2.51. The molecule has 2 aliphatic heterocycles. The maximum absolute atomic E-state index is 12.8. The molecule has 1 saturated heterocycles. The Balaban J connectivity index is 1.84. The molecular weight excluding hydrogens is 336 g/mol. The molecule has 1 unspecified atom stereocenters. The van der Waals surface area contributed by atoms with Gasteiger partial charge in [0.05, 0.1) is 12.1 Å². The van der Waals surface area contributed by atoms with Crippen LogP contribution in [0.3, 0.4) is 0 Å². The molecule has 1 N–H and O–H groups in total. The molecule has 2 heterocycles. The number of carboxylic acids is 1. The van der Waals surface area contributed by atoms with Gasteiger partial charge in [-0.3, -0.25) is 19.3 Å². The highest BCUT2D eigenvalue weighted by molar-refractivity contribution is 6.05. The van der Waals surface area contributed by atoms with Gasteiger partial charge in [-0.1, -0.05) is 18.9 Å². The van der Waals surface area contributed by atoms with Crippen molar-refractivity contribution in [3.8, 4) is 5.75 Å². The van der Waals surface area contributed by atoms with Crippen LogP contribution in [0.2, 0.25) is 0 Å². The van der Waals surface area contributed by atoms with Crippen LogP contribution in [0.5, 0.6) is 5.75 Å². The van der Waals surface area contributed by atoms with E-state index in [0.717, 1.165) is 31.2 Å². The van der Waals surface area contributed by atoms with Crippen LogP contribution in [0.25, 0.3) is 0 Å². The first kappa shape index (κ1) is 18.2. The fraction of sp³-hybridized carbons (Fsp3) is 0.526. The van der Waals surface area contributed by atoms with E-state index in [9.17, 15) is 14.4 Å². The molecule has 1 aromatic rings. The van der Waals surface area contributed by atoms with E-state index in [1.54, 1.807) is 17.0 Å². The van der Waals surface area contributed by atoms with Gasteiger partial charge < -0.3 is 14.7 Å². The minimum atomic E-state index is -1.11. The number of amides is 2. The Morgan fingerprint density at radius 1 is 1.19 bits per heavy atom. The molecule has 3 rings (SSSR count). The summed E-state index contributed by atoms with van der Waals surface area (Å²) in [6.45, 7) is 3.21. The van der Waals surface area contributed by atoms with Gasteiger partial charge in [0.1, 0.15) is 12.3 Å². The van der Waals surface area contributed by atoms with Gasteiger partial charge in [-0.2, -0.15) is 0 Å². The van der Waals surface area contributed by atoms with Crippen LogP contribution in [0.4, 0.5) is 5.69 Å². The van der Waals surface area contributed by atoms with Gasteiger partial charge in [-0.25, -0.2) is 0 Å². The molecule has 7 nitrogen and oxygen atoms in total. The average Bonchev–Trinajstić information content (AvgIpc) is 2.87. The van der Waals surface area contributed by atoms with Gasteiger partial charge in [0.25, 0.3) is 5.91 Å². The summed E-state index contributed by atoms with van der Waals surface area (Å²) >= 11 is 0. The number of hydrogen-bond acceptors (Lipinski definition) is 4. The summed E-state index contributed by atoms with van der Waals surface area (Å²) in [6, 6.07) is 5.35. The quantitative estimate of drug-likeness (QED) is 0.887. The van der Waals surface area contributed by atoms with E-state index in [1.807, 2.05) is 13.0 Å². The number of nitrogens with zero attached hydrogens (tertiary/aromatic N) is 2. The number of ether oxygens (including phenoxy) is 1. The number of carboxylic acid groups (broad SMARTS) is 1. The number of anilines is 1. The first-order valence-corrected chi connectivity index (χ1v) is 9.04. The number of aliphatic carboxylic acids is 1. The zero-order valence-electron chi connectivity index (χ0n) is 14.9. The Bertz CT molecular complexity index is 710. The average molecular weight is 360 g/mol. The molecular formula is C19H24N2O5. The molecule has 1 fully saturated rings. The van der Waals surface area contributed by atoms with Crippen LogP contribution < -0.4 is 9.64 Å². The molecule has 0 bridgehead atoms. The van der Waals surface area contributed by atoms with E-state index in [1.165, 1.54) is 4.90 Å². The lowest BCUT2D eigenvalue weighted by molar-refractivity contribution is -0.142. The normalized spacial score (nSPS) is 20.2. The van der Waals surface area contributed by atoms with Crippen molar-refractivity contribution in [3.63, 3.8) is 0 Å². The van der Waals surface area contributed by atoms with Crippen LogP contribution in [0.1, 0.15) is 37.7 Å². The van der Waals surface area contributed by atoms with Crippen LogP contribution >= 0.6 is 0 Å². The highest BCUT2D eigenvalue weighted by atomic mass is 16.5. The van der Waals surface area contributed by atoms with Crippen LogP contribution in [0, 0.1) is 6.92 Å². The molecule has 2 aliphatic rings. The summed E-state index contributed by atoms with van der Waals surface area (Å²) < 4.78 is 5.62. The Morgan fingerprint density at radius 3 is 2.54 bits per heavy atom. The third-order valence-corrected chi connectivity index (χ3v) is 4.83. The summed E-state index contributed by atoms with van der Waals surface area (Å²) in [5.41, 5.74) is 1.45. The van der Waals surface area contributed by atoms with Crippen molar-refractivity contribution in [2.45, 2.75) is 45.1 Å². The monoisotopic (exact) mass is 360 g/mol.